The average Bonchev–Trinajstić information content (AvgIpc) is 2.60. The third-order valence-electron chi connectivity index (χ3n) is 2.76. The summed E-state index contributed by atoms with van der Waals surface area (Å²) in [7, 11) is 0. The van der Waals surface area contributed by atoms with E-state index in [2.05, 4.69) is 0 Å². The topological polar surface area (TPSA) is 58.9 Å². The summed E-state index contributed by atoms with van der Waals surface area (Å²) in [5, 5.41) is 18.9. The Balaban J connectivity index is 2.14. The smallest absolute Gasteiger partial charge is 0.207 e. The molecule has 1 fully saturated rings. The standard InChI is InChI=1S/C10H10O4/c11-5-3-7(12)9-6-1-2-13-10(6)14-8(9)4-5/h3-4,6,10-12H,1-2H2/t6-,10+/m0/s1. The van der Waals surface area contributed by atoms with Gasteiger partial charge in [-0.25, -0.2) is 0 Å². The number of phenols is 2. The van der Waals surface area contributed by atoms with E-state index >= 15 is 0 Å². The predicted molar refractivity (Wildman–Crippen MR) is 47.5 cm³/mol. The lowest BCUT2D eigenvalue weighted by Crippen LogP contribution is -2.13. The molecule has 1 aromatic carbocycles. The molecule has 2 aliphatic heterocycles. The molecule has 0 unspecified atom stereocenters. The quantitative estimate of drug-likeness (QED) is 0.654. The number of aromatic hydroxyl groups is 2. The van der Waals surface area contributed by atoms with Crippen molar-refractivity contribution < 1.29 is 19.7 Å². The van der Waals surface area contributed by atoms with Crippen molar-refractivity contribution in [1.29, 1.82) is 0 Å². The molecular formula is C10H10O4. The normalized spacial score (nSPS) is 28.3. The molecule has 2 atom stereocenters. The van der Waals surface area contributed by atoms with Gasteiger partial charge in [0.1, 0.15) is 17.2 Å². The second-order valence-electron chi connectivity index (χ2n) is 3.63. The molecule has 74 valence electrons. The molecule has 0 amide bonds. The third kappa shape index (κ3) is 0.915. The van der Waals surface area contributed by atoms with Gasteiger partial charge in [0.15, 0.2) is 0 Å². The molecule has 0 radical (unpaired) electrons. The van der Waals surface area contributed by atoms with Gasteiger partial charge in [0.2, 0.25) is 6.29 Å². The van der Waals surface area contributed by atoms with Crippen molar-refractivity contribution in [2.24, 2.45) is 0 Å². The van der Waals surface area contributed by atoms with Crippen LogP contribution in [0.3, 0.4) is 0 Å². The Morgan fingerprint density at radius 3 is 3.00 bits per heavy atom. The van der Waals surface area contributed by atoms with Crippen LogP contribution in [0.5, 0.6) is 17.2 Å². The average molecular weight is 194 g/mol. The van der Waals surface area contributed by atoms with Crippen molar-refractivity contribution in [3.8, 4) is 17.2 Å². The van der Waals surface area contributed by atoms with Crippen molar-refractivity contribution in [3.05, 3.63) is 17.7 Å². The summed E-state index contributed by atoms with van der Waals surface area (Å²) in [6, 6.07) is 2.85. The molecule has 0 spiro atoms. The van der Waals surface area contributed by atoms with Gasteiger partial charge in [-0.2, -0.15) is 0 Å². The Morgan fingerprint density at radius 2 is 2.14 bits per heavy atom. The molecule has 2 aliphatic rings. The summed E-state index contributed by atoms with van der Waals surface area (Å²) in [6.07, 6.45) is 0.577. The lowest BCUT2D eigenvalue weighted by Gasteiger charge is -2.06. The van der Waals surface area contributed by atoms with Gasteiger partial charge >= 0.3 is 0 Å². The van der Waals surface area contributed by atoms with E-state index in [-0.39, 0.29) is 23.7 Å². The van der Waals surface area contributed by atoms with E-state index in [1.165, 1.54) is 12.1 Å². The Labute approximate surface area is 80.7 Å². The van der Waals surface area contributed by atoms with Gasteiger partial charge in [-0.1, -0.05) is 0 Å². The van der Waals surface area contributed by atoms with Crippen LogP contribution in [0.15, 0.2) is 12.1 Å². The highest BCUT2D eigenvalue weighted by Gasteiger charge is 2.41. The number of rotatable bonds is 0. The van der Waals surface area contributed by atoms with Crippen LogP contribution >= 0.6 is 0 Å². The molecule has 4 heteroatoms. The fraction of sp³-hybridized carbons (Fsp3) is 0.400. The lowest BCUT2D eigenvalue weighted by molar-refractivity contribution is -0.0338. The van der Waals surface area contributed by atoms with E-state index in [1.54, 1.807) is 0 Å². The lowest BCUT2D eigenvalue weighted by atomic mass is 9.97. The molecule has 0 saturated carbocycles. The molecule has 14 heavy (non-hydrogen) atoms. The second kappa shape index (κ2) is 2.54. The molecule has 4 nitrogen and oxygen atoms in total. The van der Waals surface area contributed by atoms with E-state index in [4.69, 9.17) is 9.47 Å². The summed E-state index contributed by atoms with van der Waals surface area (Å²) in [5.74, 6) is 0.766. The van der Waals surface area contributed by atoms with Gasteiger partial charge in [0, 0.05) is 17.7 Å². The minimum absolute atomic E-state index is 0.0150. The van der Waals surface area contributed by atoms with Crippen LogP contribution in [0.4, 0.5) is 0 Å². The number of phenolic OH excluding ortho intramolecular Hbond substituents is 2. The van der Waals surface area contributed by atoms with Crippen LogP contribution in [0, 0.1) is 0 Å². The van der Waals surface area contributed by atoms with Gasteiger partial charge < -0.3 is 19.7 Å². The number of hydrogen-bond acceptors (Lipinski definition) is 4. The van der Waals surface area contributed by atoms with Crippen LogP contribution < -0.4 is 4.74 Å². The van der Waals surface area contributed by atoms with Crippen LogP contribution in [0.2, 0.25) is 0 Å². The zero-order valence-corrected chi connectivity index (χ0v) is 7.43. The first-order valence-electron chi connectivity index (χ1n) is 4.60. The third-order valence-corrected chi connectivity index (χ3v) is 2.76. The van der Waals surface area contributed by atoms with Crippen LogP contribution in [0.1, 0.15) is 17.9 Å². The molecule has 2 N–H and O–H groups in total. The molecule has 1 saturated heterocycles. The summed E-state index contributed by atoms with van der Waals surface area (Å²) < 4.78 is 10.8. The van der Waals surface area contributed by atoms with Crippen molar-refractivity contribution in [3.63, 3.8) is 0 Å². The SMILES string of the molecule is Oc1cc(O)c2c(c1)O[C@H]1OCC[C@@H]21. The maximum absolute atomic E-state index is 9.66. The maximum Gasteiger partial charge on any atom is 0.207 e. The Morgan fingerprint density at radius 1 is 1.29 bits per heavy atom. The largest absolute Gasteiger partial charge is 0.508 e. The molecule has 1 aromatic rings. The highest BCUT2D eigenvalue weighted by atomic mass is 16.7. The minimum Gasteiger partial charge on any atom is -0.508 e. The summed E-state index contributed by atoms with van der Waals surface area (Å²) in [4.78, 5) is 0. The fourth-order valence-electron chi connectivity index (χ4n) is 2.15. The molecule has 3 rings (SSSR count). The highest BCUT2D eigenvalue weighted by Crippen LogP contribution is 2.49. The Bertz CT molecular complexity index is 388. The predicted octanol–water partition coefficient (Wildman–Crippen LogP) is 1.32. The molecular weight excluding hydrogens is 184 g/mol. The van der Waals surface area contributed by atoms with Crippen LogP contribution in [-0.2, 0) is 4.74 Å². The van der Waals surface area contributed by atoms with Crippen LogP contribution in [-0.4, -0.2) is 23.1 Å². The molecule has 0 bridgehead atoms. The van der Waals surface area contributed by atoms with E-state index in [0.717, 1.165) is 12.0 Å². The summed E-state index contributed by atoms with van der Waals surface area (Å²) >= 11 is 0. The highest BCUT2D eigenvalue weighted by molar-refractivity contribution is 5.54. The first-order valence-corrected chi connectivity index (χ1v) is 4.60. The van der Waals surface area contributed by atoms with Gasteiger partial charge in [0.25, 0.3) is 0 Å². The van der Waals surface area contributed by atoms with Crippen molar-refractivity contribution in [2.45, 2.75) is 18.6 Å². The first-order chi connectivity index (χ1) is 6.75. The van der Waals surface area contributed by atoms with E-state index in [9.17, 15) is 10.2 Å². The molecule has 0 aliphatic carbocycles. The number of hydrogen-bond donors (Lipinski definition) is 2. The molecule has 2 heterocycles. The monoisotopic (exact) mass is 194 g/mol. The zero-order chi connectivity index (χ0) is 9.71. The van der Waals surface area contributed by atoms with Crippen LogP contribution in [0.25, 0.3) is 0 Å². The number of ether oxygens (including phenoxy) is 2. The molecule has 0 aromatic heterocycles. The van der Waals surface area contributed by atoms with Crippen molar-refractivity contribution >= 4 is 0 Å². The Hall–Kier alpha value is -1.42. The van der Waals surface area contributed by atoms with E-state index in [0.29, 0.717) is 12.4 Å². The first kappa shape index (κ1) is 7.94. The minimum atomic E-state index is -0.280. The number of benzene rings is 1. The van der Waals surface area contributed by atoms with Gasteiger partial charge in [-0.05, 0) is 6.42 Å². The van der Waals surface area contributed by atoms with Gasteiger partial charge in [0.05, 0.1) is 12.5 Å². The van der Waals surface area contributed by atoms with E-state index < -0.39 is 0 Å². The van der Waals surface area contributed by atoms with Gasteiger partial charge in [-0.15, -0.1) is 0 Å². The second-order valence-corrected chi connectivity index (χ2v) is 3.63. The maximum atomic E-state index is 9.66. The van der Waals surface area contributed by atoms with Gasteiger partial charge in [-0.3, -0.25) is 0 Å². The van der Waals surface area contributed by atoms with E-state index in [1.807, 2.05) is 0 Å². The van der Waals surface area contributed by atoms with Crippen molar-refractivity contribution in [1.82, 2.24) is 0 Å². The Kier molecular flexibility index (Phi) is 1.44. The fourth-order valence-corrected chi connectivity index (χ4v) is 2.15. The van der Waals surface area contributed by atoms with Crippen molar-refractivity contribution in [2.75, 3.05) is 6.61 Å². The summed E-state index contributed by atoms with van der Waals surface area (Å²) in [5.41, 5.74) is 0.769. The zero-order valence-electron chi connectivity index (χ0n) is 7.43. The number of fused-ring (bicyclic) bond motifs is 3. The summed E-state index contributed by atoms with van der Waals surface area (Å²) in [6.45, 7) is 0.662.